The van der Waals surface area contributed by atoms with Gasteiger partial charge < -0.3 is 5.73 Å². The Labute approximate surface area is 119 Å². The molecule has 3 N–H and O–H groups in total. The standard InChI is InChI=1S/C12H18N2O4S2/c13-8-10-3-1-4-11(7-10)20(17,18)14-9-12-5-2-6-19(12,15)16/h1,3-4,7,12,14H,2,5-6,8-9,13H2. The highest BCUT2D eigenvalue weighted by atomic mass is 32.2. The van der Waals surface area contributed by atoms with Gasteiger partial charge in [0.05, 0.1) is 15.9 Å². The van der Waals surface area contributed by atoms with Crippen molar-refractivity contribution in [3.8, 4) is 0 Å². The van der Waals surface area contributed by atoms with Gasteiger partial charge in [-0.3, -0.25) is 0 Å². The number of benzene rings is 1. The van der Waals surface area contributed by atoms with Crippen molar-refractivity contribution in [2.45, 2.75) is 29.5 Å². The van der Waals surface area contributed by atoms with Crippen molar-refractivity contribution in [1.82, 2.24) is 4.72 Å². The van der Waals surface area contributed by atoms with E-state index in [2.05, 4.69) is 4.72 Å². The fourth-order valence-electron chi connectivity index (χ4n) is 2.21. The zero-order chi connectivity index (χ0) is 14.8. The van der Waals surface area contributed by atoms with Gasteiger partial charge in [0.1, 0.15) is 0 Å². The number of sulfone groups is 1. The normalized spacial score (nSPS) is 21.9. The zero-order valence-electron chi connectivity index (χ0n) is 10.9. The lowest BCUT2D eigenvalue weighted by atomic mass is 10.2. The maximum Gasteiger partial charge on any atom is 0.240 e. The molecule has 2 rings (SSSR count). The smallest absolute Gasteiger partial charge is 0.240 e. The average Bonchev–Trinajstić information content (AvgIpc) is 2.75. The van der Waals surface area contributed by atoms with E-state index < -0.39 is 25.1 Å². The first-order valence-electron chi connectivity index (χ1n) is 6.35. The first-order chi connectivity index (χ1) is 9.35. The minimum Gasteiger partial charge on any atom is -0.326 e. The Morgan fingerprint density at radius 2 is 2.10 bits per heavy atom. The van der Waals surface area contributed by atoms with Gasteiger partial charge in [-0.25, -0.2) is 21.6 Å². The molecule has 1 aliphatic heterocycles. The molecule has 1 atom stereocenters. The molecule has 0 spiro atoms. The van der Waals surface area contributed by atoms with E-state index in [0.29, 0.717) is 18.4 Å². The van der Waals surface area contributed by atoms with E-state index in [-0.39, 0.29) is 23.7 Å². The van der Waals surface area contributed by atoms with Gasteiger partial charge in [0.2, 0.25) is 10.0 Å². The molecule has 1 aliphatic rings. The molecule has 0 bridgehead atoms. The van der Waals surface area contributed by atoms with Crippen molar-refractivity contribution < 1.29 is 16.8 Å². The molecule has 0 aliphatic carbocycles. The lowest BCUT2D eigenvalue weighted by molar-refractivity contribution is 0.571. The Bertz CT molecular complexity index is 683. The summed E-state index contributed by atoms with van der Waals surface area (Å²) in [5.74, 6) is 0.141. The molecule has 1 unspecified atom stereocenters. The van der Waals surface area contributed by atoms with Crippen LogP contribution in [0.25, 0.3) is 0 Å². The van der Waals surface area contributed by atoms with Gasteiger partial charge >= 0.3 is 0 Å². The first kappa shape index (κ1) is 15.4. The van der Waals surface area contributed by atoms with Crippen LogP contribution >= 0.6 is 0 Å². The van der Waals surface area contributed by atoms with Crippen LogP contribution in [0.15, 0.2) is 29.2 Å². The molecule has 1 aromatic rings. The molecule has 0 radical (unpaired) electrons. The SMILES string of the molecule is NCc1cccc(S(=O)(=O)NCC2CCCS2(=O)=O)c1. The Balaban J connectivity index is 2.11. The topological polar surface area (TPSA) is 106 Å². The van der Waals surface area contributed by atoms with E-state index in [9.17, 15) is 16.8 Å². The second kappa shape index (κ2) is 5.80. The van der Waals surface area contributed by atoms with E-state index in [1.54, 1.807) is 12.1 Å². The lowest BCUT2D eigenvalue weighted by Crippen LogP contribution is -2.34. The van der Waals surface area contributed by atoms with Crippen LogP contribution in [0, 0.1) is 0 Å². The fraction of sp³-hybridized carbons (Fsp3) is 0.500. The molecule has 1 fully saturated rings. The van der Waals surface area contributed by atoms with Crippen molar-refractivity contribution in [3.05, 3.63) is 29.8 Å². The van der Waals surface area contributed by atoms with Crippen LogP contribution in [0.4, 0.5) is 0 Å². The third kappa shape index (κ3) is 3.38. The lowest BCUT2D eigenvalue weighted by Gasteiger charge is -2.12. The third-order valence-electron chi connectivity index (χ3n) is 3.41. The van der Waals surface area contributed by atoms with E-state index in [0.717, 1.165) is 0 Å². The second-order valence-corrected chi connectivity index (χ2v) is 9.00. The van der Waals surface area contributed by atoms with E-state index >= 15 is 0 Å². The van der Waals surface area contributed by atoms with E-state index in [4.69, 9.17) is 5.73 Å². The molecule has 0 saturated carbocycles. The molecular formula is C12H18N2O4S2. The molecule has 0 amide bonds. The summed E-state index contributed by atoms with van der Waals surface area (Å²) in [6.45, 7) is 0.178. The Morgan fingerprint density at radius 1 is 1.35 bits per heavy atom. The van der Waals surface area contributed by atoms with Crippen LogP contribution in [0.3, 0.4) is 0 Å². The average molecular weight is 318 g/mol. The summed E-state index contributed by atoms with van der Waals surface area (Å²) in [5.41, 5.74) is 6.19. The number of hydrogen-bond donors (Lipinski definition) is 2. The largest absolute Gasteiger partial charge is 0.326 e. The van der Waals surface area contributed by atoms with Crippen molar-refractivity contribution in [2.75, 3.05) is 12.3 Å². The van der Waals surface area contributed by atoms with Crippen LogP contribution in [0.1, 0.15) is 18.4 Å². The van der Waals surface area contributed by atoms with Gasteiger partial charge in [0.25, 0.3) is 0 Å². The number of hydrogen-bond acceptors (Lipinski definition) is 5. The predicted molar refractivity (Wildman–Crippen MR) is 76.3 cm³/mol. The first-order valence-corrected chi connectivity index (χ1v) is 9.55. The highest BCUT2D eigenvalue weighted by Gasteiger charge is 2.32. The number of rotatable bonds is 5. The zero-order valence-corrected chi connectivity index (χ0v) is 12.6. The van der Waals surface area contributed by atoms with Crippen LogP contribution in [0.5, 0.6) is 0 Å². The number of nitrogens with two attached hydrogens (primary N) is 1. The second-order valence-electron chi connectivity index (χ2n) is 4.83. The van der Waals surface area contributed by atoms with Gasteiger partial charge in [-0.2, -0.15) is 0 Å². The molecule has 20 heavy (non-hydrogen) atoms. The summed E-state index contributed by atoms with van der Waals surface area (Å²) in [6.07, 6.45) is 1.10. The Hall–Kier alpha value is -0.960. The monoisotopic (exact) mass is 318 g/mol. The fourth-order valence-corrected chi connectivity index (χ4v) is 5.24. The Kier molecular flexibility index (Phi) is 4.48. The summed E-state index contributed by atoms with van der Waals surface area (Å²) in [7, 11) is -6.85. The maximum absolute atomic E-state index is 12.1. The summed E-state index contributed by atoms with van der Waals surface area (Å²) in [6, 6.07) is 6.31. The highest BCUT2D eigenvalue weighted by molar-refractivity contribution is 7.92. The van der Waals surface area contributed by atoms with Crippen LogP contribution < -0.4 is 10.5 Å². The van der Waals surface area contributed by atoms with Crippen molar-refractivity contribution >= 4 is 19.9 Å². The third-order valence-corrected chi connectivity index (χ3v) is 7.11. The van der Waals surface area contributed by atoms with E-state index in [1.165, 1.54) is 12.1 Å². The minimum absolute atomic E-state index is 0.0719. The molecule has 1 saturated heterocycles. The summed E-state index contributed by atoms with van der Waals surface area (Å²) in [4.78, 5) is 0.107. The minimum atomic E-state index is -3.70. The molecule has 1 heterocycles. The Morgan fingerprint density at radius 3 is 2.70 bits per heavy atom. The van der Waals surface area contributed by atoms with Crippen LogP contribution in [-0.2, 0) is 26.4 Å². The quantitative estimate of drug-likeness (QED) is 0.795. The molecule has 6 nitrogen and oxygen atoms in total. The predicted octanol–water partition coefficient (Wildman–Crippen LogP) is 0.000800. The van der Waals surface area contributed by atoms with Crippen molar-refractivity contribution in [1.29, 1.82) is 0 Å². The van der Waals surface area contributed by atoms with Crippen molar-refractivity contribution in [2.24, 2.45) is 5.73 Å². The van der Waals surface area contributed by atoms with Gasteiger partial charge in [0.15, 0.2) is 9.84 Å². The van der Waals surface area contributed by atoms with Gasteiger partial charge in [-0.15, -0.1) is 0 Å². The molecule has 1 aromatic carbocycles. The van der Waals surface area contributed by atoms with Gasteiger partial charge in [0, 0.05) is 13.1 Å². The summed E-state index contributed by atoms with van der Waals surface area (Å²) in [5, 5.41) is -0.616. The number of sulfonamides is 1. The van der Waals surface area contributed by atoms with Gasteiger partial charge in [-0.05, 0) is 30.5 Å². The molecular weight excluding hydrogens is 300 g/mol. The van der Waals surface area contributed by atoms with Crippen molar-refractivity contribution in [3.63, 3.8) is 0 Å². The van der Waals surface area contributed by atoms with Gasteiger partial charge in [-0.1, -0.05) is 12.1 Å². The molecule has 8 heteroatoms. The summed E-state index contributed by atoms with van der Waals surface area (Å²) >= 11 is 0. The maximum atomic E-state index is 12.1. The molecule has 0 aromatic heterocycles. The number of nitrogens with one attached hydrogen (secondary N) is 1. The van der Waals surface area contributed by atoms with E-state index in [1.807, 2.05) is 0 Å². The molecule has 112 valence electrons. The summed E-state index contributed by atoms with van der Waals surface area (Å²) < 4.78 is 49.9. The van der Waals surface area contributed by atoms with Crippen LogP contribution in [-0.4, -0.2) is 34.4 Å². The highest BCUT2D eigenvalue weighted by Crippen LogP contribution is 2.20. The van der Waals surface area contributed by atoms with Crippen LogP contribution in [0.2, 0.25) is 0 Å².